The number of aromatic nitrogens is 1. The number of rotatable bonds is 5. The number of hydrogen-bond donors (Lipinski definition) is 0. The summed E-state index contributed by atoms with van der Waals surface area (Å²) in [5.74, 6) is -5.64. The third-order valence-corrected chi connectivity index (χ3v) is 4.74. The van der Waals surface area contributed by atoms with Crippen molar-refractivity contribution in [3.05, 3.63) is 17.5 Å². The van der Waals surface area contributed by atoms with Crippen LogP contribution in [0.1, 0.15) is 22.0 Å². The van der Waals surface area contributed by atoms with Gasteiger partial charge in [0, 0.05) is 5.56 Å². The van der Waals surface area contributed by atoms with E-state index in [0.717, 1.165) is 39.9 Å². The van der Waals surface area contributed by atoms with E-state index in [9.17, 15) is 19.2 Å². The fourth-order valence-electron chi connectivity index (χ4n) is 3.45. The Morgan fingerprint density at radius 3 is 2.07 bits per heavy atom. The molecule has 13 heteroatoms. The zero-order valence-electron chi connectivity index (χ0n) is 15.8. The molecule has 2 aliphatic rings. The van der Waals surface area contributed by atoms with Gasteiger partial charge in [-0.3, -0.25) is 14.5 Å². The van der Waals surface area contributed by atoms with E-state index in [1.165, 1.54) is 0 Å². The predicted molar refractivity (Wildman–Crippen MR) is 85.5 cm³/mol. The number of fused-ring (bicyclic) bond motifs is 1. The maximum absolute atomic E-state index is 12.5. The molecule has 29 heavy (non-hydrogen) atoms. The Morgan fingerprint density at radius 2 is 1.48 bits per heavy atom. The van der Waals surface area contributed by atoms with Crippen LogP contribution in [0.2, 0.25) is 0 Å². The van der Waals surface area contributed by atoms with Crippen molar-refractivity contribution in [2.24, 2.45) is 5.92 Å². The quantitative estimate of drug-likeness (QED) is 0.427. The molecule has 2 aliphatic heterocycles. The highest BCUT2D eigenvalue weighted by Gasteiger charge is 2.64. The van der Waals surface area contributed by atoms with Gasteiger partial charge in [-0.25, -0.2) is 14.4 Å². The lowest BCUT2D eigenvalue weighted by Crippen LogP contribution is -2.42. The van der Waals surface area contributed by atoms with Gasteiger partial charge in [-0.15, -0.1) is 0 Å². The van der Waals surface area contributed by atoms with Crippen molar-refractivity contribution in [1.29, 1.82) is 0 Å². The summed E-state index contributed by atoms with van der Waals surface area (Å²) in [7, 11) is 4.52. The summed E-state index contributed by atoms with van der Waals surface area (Å²) in [5, 5.41) is 4.44. The molecule has 3 rings (SSSR count). The maximum Gasteiger partial charge on any atom is 0.360 e. The molecule has 2 saturated heterocycles. The minimum absolute atomic E-state index is 0.0998. The van der Waals surface area contributed by atoms with E-state index in [2.05, 4.69) is 14.6 Å². The Kier molecular flexibility index (Phi) is 5.81. The van der Waals surface area contributed by atoms with Gasteiger partial charge in [0.15, 0.2) is 17.9 Å². The molecule has 1 aromatic heterocycles. The summed E-state index contributed by atoms with van der Waals surface area (Å²) < 4.78 is 23.8. The van der Waals surface area contributed by atoms with Gasteiger partial charge in [0.25, 0.3) is 0 Å². The molecule has 13 nitrogen and oxygen atoms in total. The fraction of sp³-hybridized carbons (Fsp3) is 0.562. The summed E-state index contributed by atoms with van der Waals surface area (Å²) in [5.41, 5.74) is -0.134. The molecule has 2 fully saturated rings. The summed E-state index contributed by atoms with van der Waals surface area (Å²) in [6, 6.07) is -1.07. The van der Waals surface area contributed by atoms with E-state index in [-0.39, 0.29) is 11.3 Å². The second-order valence-electron chi connectivity index (χ2n) is 6.06. The Balaban J connectivity index is 2.10. The molecule has 0 bridgehead atoms. The smallest absolute Gasteiger partial charge is 0.360 e. The van der Waals surface area contributed by atoms with Crippen LogP contribution in [-0.4, -0.2) is 80.9 Å². The van der Waals surface area contributed by atoms with Crippen molar-refractivity contribution in [3.8, 4) is 0 Å². The molecule has 0 radical (unpaired) electrons. The van der Waals surface area contributed by atoms with Gasteiger partial charge in [0.1, 0.15) is 12.2 Å². The first-order valence-electron chi connectivity index (χ1n) is 8.28. The van der Waals surface area contributed by atoms with Gasteiger partial charge in [-0.2, -0.15) is 0 Å². The molecule has 0 saturated carbocycles. The van der Waals surface area contributed by atoms with Crippen molar-refractivity contribution >= 4 is 23.9 Å². The van der Waals surface area contributed by atoms with Crippen LogP contribution in [0.4, 0.5) is 0 Å². The van der Waals surface area contributed by atoms with Crippen molar-refractivity contribution < 1.29 is 52.3 Å². The highest BCUT2D eigenvalue weighted by molar-refractivity contribution is 5.90. The number of carbonyl (C=O) groups is 4. The van der Waals surface area contributed by atoms with Crippen LogP contribution in [-0.2, 0) is 43.0 Å². The van der Waals surface area contributed by atoms with Crippen molar-refractivity contribution in [2.45, 2.75) is 24.2 Å². The maximum atomic E-state index is 12.5. The highest BCUT2D eigenvalue weighted by atomic mass is 17.0. The first-order chi connectivity index (χ1) is 13.9. The SMILES string of the molecule is COC(=O)c1nocc1[C@H]1[C@@H]2[C@H](C(=O)OC)[C@H](C(=O)OC)ON2O[C@@H]1C(=O)OC. The highest BCUT2D eigenvalue weighted by Crippen LogP contribution is 2.47. The Hall–Kier alpha value is -3.03. The van der Waals surface area contributed by atoms with E-state index in [1.807, 2.05) is 0 Å². The van der Waals surface area contributed by atoms with Gasteiger partial charge in [0.05, 0.1) is 40.4 Å². The van der Waals surface area contributed by atoms with Crippen molar-refractivity contribution in [1.82, 2.24) is 10.4 Å². The van der Waals surface area contributed by atoms with Crippen LogP contribution >= 0.6 is 0 Å². The fourth-order valence-corrected chi connectivity index (χ4v) is 3.45. The van der Waals surface area contributed by atoms with Gasteiger partial charge in [-0.05, 0) is 0 Å². The third kappa shape index (κ3) is 3.32. The number of esters is 4. The number of carbonyl (C=O) groups excluding carboxylic acids is 4. The molecule has 5 atom stereocenters. The Bertz CT molecular complexity index is 822. The van der Waals surface area contributed by atoms with Crippen LogP contribution in [0.15, 0.2) is 10.8 Å². The third-order valence-electron chi connectivity index (χ3n) is 4.74. The first kappa shape index (κ1) is 20.7. The van der Waals surface area contributed by atoms with E-state index >= 15 is 0 Å². The number of hydroxylamine groups is 2. The van der Waals surface area contributed by atoms with E-state index in [0.29, 0.717) is 0 Å². The van der Waals surface area contributed by atoms with E-state index in [1.54, 1.807) is 0 Å². The molecule has 0 aliphatic carbocycles. The van der Waals surface area contributed by atoms with Gasteiger partial charge in [0.2, 0.25) is 0 Å². The molecular weight excluding hydrogens is 396 g/mol. The molecule has 3 heterocycles. The van der Waals surface area contributed by atoms with Crippen LogP contribution in [0.3, 0.4) is 0 Å². The molecule has 0 N–H and O–H groups in total. The molecular formula is C16H18N2O11. The average molecular weight is 414 g/mol. The molecule has 0 amide bonds. The second-order valence-corrected chi connectivity index (χ2v) is 6.06. The molecule has 158 valence electrons. The van der Waals surface area contributed by atoms with Crippen LogP contribution in [0.25, 0.3) is 0 Å². The van der Waals surface area contributed by atoms with Gasteiger partial charge < -0.3 is 23.5 Å². The normalized spacial score (nSPS) is 28.5. The van der Waals surface area contributed by atoms with Crippen LogP contribution in [0.5, 0.6) is 0 Å². The lowest BCUT2D eigenvalue weighted by atomic mass is 9.79. The van der Waals surface area contributed by atoms with E-state index in [4.69, 9.17) is 23.7 Å². The summed E-state index contributed by atoms with van der Waals surface area (Å²) in [6.07, 6.45) is -1.63. The average Bonchev–Trinajstić information content (AvgIpc) is 3.44. The first-order valence-corrected chi connectivity index (χ1v) is 8.28. The Labute approximate surface area is 163 Å². The number of nitrogens with zero attached hydrogens (tertiary/aromatic N) is 2. The number of hydrogen-bond acceptors (Lipinski definition) is 13. The minimum atomic E-state index is -1.40. The summed E-state index contributed by atoms with van der Waals surface area (Å²) in [6.45, 7) is 0. The second kappa shape index (κ2) is 8.14. The molecule has 0 spiro atoms. The topological polar surface area (TPSA) is 153 Å². The van der Waals surface area contributed by atoms with Gasteiger partial charge in [-0.1, -0.05) is 10.4 Å². The number of methoxy groups -OCH3 is 4. The standard InChI is InChI=1S/C16H18N2O11/c1-23-13(19)8-10-7(6-5-27-17-9(6)14(20)24-2)11(15(21)25-3)28-18(10)29-12(8)16(22)26-4/h5,7-8,10-12H,1-4H3/t7-,8-,10+,11-,12+/m0/s1. The largest absolute Gasteiger partial charge is 0.469 e. The number of ether oxygens (including phenoxy) is 4. The lowest BCUT2D eigenvalue weighted by molar-refractivity contribution is -0.350. The van der Waals surface area contributed by atoms with Crippen LogP contribution < -0.4 is 0 Å². The predicted octanol–water partition coefficient (Wildman–Crippen LogP) is -1.02. The summed E-state index contributed by atoms with van der Waals surface area (Å²) >= 11 is 0. The summed E-state index contributed by atoms with van der Waals surface area (Å²) in [4.78, 5) is 59.9. The molecule has 0 unspecified atom stereocenters. The van der Waals surface area contributed by atoms with Gasteiger partial charge >= 0.3 is 23.9 Å². The lowest BCUT2D eigenvalue weighted by Gasteiger charge is -2.23. The monoisotopic (exact) mass is 414 g/mol. The van der Waals surface area contributed by atoms with Crippen LogP contribution in [0, 0.1) is 5.92 Å². The van der Waals surface area contributed by atoms with Crippen molar-refractivity contribution in [3.63, 3.8) is 0 Å². The van der Waals surface area contributed by atoms with Crippen molar-refractivity contribution in [2.75, 3.05) is 28.4 Å². The zero-order chi connectivity index (χ0) is 21.3. The zero-order valence-corrected chi connectivity index (χ0v) is 15.8. The molecule has 1 aromatic rings. The Morgan fingerprint density at radius 1 is 0.897 bits per heavy atom. The van der Waals surface area contributed by atoms with E-state index < -0.39 is 54.0 Å². The minimum Gasteiger partial charge on any atom is -0.469 e. The molecule has 0 aromatic carbocycles.